The van der Waals surface area contributed by atoms with Gasteiger partial charge in [-0.2, -0.15) is 0 Å². The molecule has 0 bridgehead atoms. The maximum atomic E-state index is 13.0. The summed E-state index contributed by atoms with van der Waals surface area (Å²) < 4.78 is 27.2. The highest BCUT2D eigenvalue weighted by Crippen LogP contribution is 2.26. The average molecular weight is 401 g/mol. The Morgan fingerprint density at radius 2 is 1.62 bits per heavy atom. The molecule has 2 aromatic heterocycles. The first kappa shape index (κ1) is 17.4. The van der Waals surface area contributed by atoms with Crippen LogP contribution < -0.4 is 5.56 Å². The number of H-pyrrole nitrogens is 1. The fourth-order valence-corrected chi connectivity index (χ4v) is 4.78. The lowest BCUT2D eigenvalue weighted by Crippen LogP contribution is -2.11. The quantitative estimate of drug-likeness (QED) is 0.499. The molecule has 0 saturated heterocycles. The fourth-order valence-electron chi connectivity index (χ4n) is 3.40. The number of hydrogen-bond acceptors (Lipinski definition) is 4. The molecular formula is C22H15N3O3S. The van der Waals surface area contributed by atoms with E-state index in [0.29, 0.717) is 27.8 Å². The molecule has 29 heavy (non-hydrogen) atoms. The van der Waals surface area contributed by atoms with Crippen LogP contribution in [0.25, 0.3) is 33.2 Å². The Hall–Kier alpha value is -3.71. The van der Waals surface area contributed by atoms with Gasteiger partial charge in [-0.05, 0) is 48.5 Å². The maximum absolute atomic E-state index is 13.0. The number of nitrogens with one attached hydrogen (secondary N) is 1. The van der Waals surface area contributed by atoms with Crippen LogP contribution in [0.4, 0.5) is 0 Å². The number of fused-ring (bicyclic) bond motifs is 2. The van der Waals surface area contributed by atoms with Crippen molar-refractivity contribution in [3.8, 4) is 11.4 Å². The molecule has 6 nitrogen and oxygen atoms in total. The zero-order chi connectivity index (χ0) is 20.0. The Labute approximate surface area is 166 Å². The molecule has 0 radical (unpaired) electrons. The Morgan fingerprint density at radius 3 is 2.45 bits per heavy atom. The zero-order valence-electron chi connectivity index (χ0n) is 15.1. The van der Waals surface area contributed by atoms with Crippen LogP contribution in [-0.2, 0) is 10.0 Å². The number of nitrogens with zero attached hydrogens (tertiary/aromatic N) is 2. The summed E-state index contributed by atoms with van der Waals surface area (Å²) in [7, 11) is -3.69. The van der Waals surface area contributed by atoms with Crippen molar-refractivity contribution in [3.05, 3.63) is 95.4 Å². The Kier molecular flexibility index (Phi) is 3.85. The molecule has 0 saturated carbocycles. The van der Waals surface area contributed by atoms with Crippen molar-refractivity contribution in [2.75, 3.05) is 0 Å². The van der Waals surface area contributed by atoms with Gasteiger partial charge in [-0.25, -0.2) is 17.4 Å². The van der Waals surface area contributed by atoms with Crippen LogP contribution in [0.5, 0.6) is 0 Å². The normalized spacial score (nSPS) is 11.9. The summed E-state index contributed by atoms with van der Waals surface area (Å²) in [6.07, 6.45) is 1.54. The Morgan fingerprint density at radius 1 is 0.862 bits per heavy atom. The third-order valence-electron chi connectivity index (χ3n) is 4.84. The molecule has 2 heterocycles. The average Bonchev–Trinajstić information content (AvgIpc) is 3.18. The number of benzene rings is 3. The summed E-state index contributed by atoms with van der Waals surface area (Å²) in [5, 5.41) is 1.26. The highest BCUT2D eigenvalue weighted by Gasteiger charge is 2.18. The topological polar surface area (TPSA) is 84.8 Å². The van der Waals surface area contributed by atoms with Crippen LogP contribution in [0.1, 0.15) is 0 Å². The second-order valence-corrected chi connectivity index (χ2v) is 8.45. The number of aromatic nitrogens is 3. The lowest BCUT2D eigenvalue weighted by molar-refractivity contribution is 0.589. The lowest BCUT2D eigenvalue weighted by Gasteiger charge is -2.08. The van der Waals surface area contributed by atoms with Crippen molar-refractivity contribution in [3.63, 3.8) is 0 Å². The number of para-hydroxylation sites is 1. The molecule has 0 fully saturated rings. The first-order valence-corrected chi connectivity index (χ1v) is 10.4. The molecular weight excluding hydrogens is 386 g/mol. The van der Waals surface area contributed by atoms with Gasteiger partial charge in [0, 0.05) is 17.1 Å². The molecule has 0 unspecified atom stereocenters. The van der Waals surface area contributed by atoms with Crippen molar-refractivity contribution >= 4 is 31.8 Å². The molecule has 0 aliphatic carbocycles. The van der Waals surface area contributed by atoms with Crippen molar-refractivity contribution in [1.29, 1.82) is 0 Å². The second-order valence-electron chi connectivity index (χ2n) is 6.63. The Balaban J connectivity index is 1.64. The minimum absolute atomic E-state index is 0.213. The van der Waals surface area contributed by atoms with Gasteiger partial charge < -0.3 is 4.98 Å². The highest BCUT2D eigenvalue weighted by atomic mass is 32.2. The third-order valence-corrected chi connectivity index (χ3v) is 6.54. The van der Waals surface area contributed by atoms with Gasteiger partial charge in [-0.3, -0.25) is 4.79 Å². The van der Waals surface area contributed by atoms with Gasteiger partial charge in [-0.15, -0.1) is 0 Å². The van der Waals surface area contributed by atoms with E-state index < -0.39 is 10.0 Å². The predicted molar refractivity (Wildman–Crippen MR) is 112 cm³/mol. The van der Waals surface area contributed by atoms with Crippen LogP contribution >= 0.6 is 0 Å². The SMILES string of the molecule is O=c1[nH]c(-c2ccc3c(ccn3S(=O)(=O)c3ccccc3)c2)nc2ccccc12. The van der Waals surface area contributed by atoms with Gasteiger partial charge in [0.1, 0.15) is 5.82 Å². The first-order chi connectivity index (χ1) is 14.0. The summed E-state index contributed by atoms with van der Waals surface area (Å²) in [6, 6.07) is 22.5. The van der Waals surface area contributed by atoms with Crippen LogP contribution in [0.2, 0.25) is 0 Å². The van der Waals surface area contributed by atoms with E-state index >= 15 is 0 Å². The summed E-state index contributed by atoms with van der Waals surface area (Å²) >= 11 is 0. The molecule has 0 aliphatic heterocycles. The van der Waals surface area contributed by atoms with Crippen LogP contribution in [-0.4, -0.2) is 22.4 Å². The van der Waals surface area contributed by atoms with Gasteiger partial charge in [-0.1, -0.05) is 30.3 Å². The number of hydrogen-bond donors (Lipinski definition) is 1. The van der Waals surface area contributed by atoms with Crippen molar-refractivity contribution in [2.45, 2.75) is 4.90 Å². The standard InChI is InChI=1S/C22H15N3O3S/c26-22-18-8-4-5-9-19(18)23-21(24-22)16-10-11-20-15(14-16)12-13-25(20)29(27,28)17-6-2-1-3-7-17/h1-14H,(H,23,24,26). The molecule has 5 rings (SSSR count). The molecule has 0 atom stereocenters. The van der Waals surface area contributed by atoms with Crippen molar-refractivity contribution in [1.82, 2.24) is 13.9 Å². The number of aromatic amines is 1. The summed E-state index contributed by atoms with van der Waals surface area (Å²) in [6.45, 7) is 0. The van der Waals surface area contributed by atoms with Gasteiger partial charge in [0.05, 0.1) is 21.3 Å². The smallest absolute Gasteiger partial charge is 0.268 e. The van der Waals surface area contributed by atoms with Crippen molar-refractivity contribution < 1.29 is 8.42 Å². The minimum atomic E-state index is -3.69. The van der Waals surface area contributed by atoms with Crippen LogP contribution in [0, 0.1) is 0 Å². The van der Waals surface area contributed by atoms with E-state index in [4.69, 9.17) is 0 Å². The third kappa shape index (κ3) is 2.83. The van der Waals surface area contributed by atoms with E-state index in [0.717, 1.165) is 5.39 Å². The first-order valence-electron chi connectivity index (χ1n) is 8.95. The van der Waals surface area contributed by atoms with E-state index in [1.165, 1.54) is 10.2 Å². The summed E-state index contributed by atoms with van der Waals surface area (Å²) in [5.74, 6) is 0.439. The molecule has 0 spiro atoms. The molecule has 7 heteroatoms. The molecule has 142 valence electrons. The van der Waals surface area contributed by atoms with Gasteiger partial charge in [0.2, 0.25) is 0 Å². The van der Waals surface area contributed by atoms with E-state index in [1.54, 1.807) is 66.7 Å². The molecule has 1 N–H and O–H groups in total. The fraction of sp³-hybridized carbons (Fsp3) is 0. The largest absolute Gasteiger partial charge is 0.306 e. The van der Waals surface area contributed by atoms with E-state index in [1.807, 2.05) is 12.1 Å². The zero-order valence-corrected chi connectivity index (χ0v) is 15.9. The van der Waals surface area contributed by atoms with Crippen molar-refractivity contribution in [2.24, 2.45) is 0 Å². The highest BCUT2D eigenvalue weighted by molar-refractivity contribution is 7.90. The summed E-state index contributed by atoms with van der Waals surface area (Å²) in [5.41, 5.74) is 1.65. The van der Waals surface area contributed by atoms with E-state index in [-0.39, 0.29) is 10.5 Å². The van der Waals surface area contributed by atoms with Crippen LogP contribution in [0.15, 0.2) is 94.7 Å². The van der Waals surface area contributed by atoms with Crippen LogP contribution in [0.3, 0.4) is 0 Å². The molecule has 0 aliphatic rings. The number of rotatable bonds is 3. The maximum Gasteiger partial charge on any atom is 0.268 e. The summed E-state index contributed by atoms with van der Waals surface area (Å²) in [4.78, 5) is 19.9. The monoisotopic (exact) mass is 401 g/mol. The predicted octanol–water partition coefficient (Wildman–Crippen LogP) is 3.78. The lowest BCUT2D eigenvalue weighted by atomic mass is 10.1. The van der Waals surface area contributed by atoms with Gasteiger partial charge >= 0.3 is 0 Å². The van der Waals surface area contributed by atoms with Gasteiger partial charge in [0.15, 0.2) is 0 Å². The Bertz CT molecular complexity index is 1530. The molecule has 5 aromatic rings. The molecule has 3 aromatic carbocycles. The minimum Gasteiger partial charge on any atom is -0.306 e. The second kappa shape index (κ2) is 6.42. The molecule has 0 amide bonds. The van der Waals surface area contributed by atoms with E-state index in [9.17, 15) is 13.2 Å². The van der Waals surface area contributed by atoms with Gasteiger partial charge in [0.25, 0.3) is 15.6 Å². The van der Waals surface area contributed by atoms with E-state index in [2.05, 4.69) is 9.97 Å².